The van der Waals surface area contributed by atoms with E-state index in [4.69, 9.17) is 4.74 Å². The number of hydrogen-bond acceptors (Lipinski definition) is 4. The molecule has 1 saturated heterocycles. The van der Waals surface area contributed by atoms with Gasteiger partial charge in [-0.1, -0.05) is 49.2 Å². The summed E-state index contributed by atoms with van der Waals surface area (Å²) in [6, 6.07) is 18.7. The molecule has 1 aliphatic heterocycles. The lowest BCUT2D eigenvalue weighted by molar-refractivity contribution is 0.0484. The van der Waals surface area contributed by atoms with Crippen LogP contribution in [0.25, 0.3) is 0 Å². The minimum absolute atomic E-state index is 0.519. The molecule has 0 radical (unpaired) electrons. The van der Waals surface area contributed by atoms with E-state index in [0.717, 1.165) is 43.8 Å². The van der Waals surface area contributed by atoms with Gasteiger partial charge in [0.25, 0.3) is 0 Å². The third-order valence-electron chi connectivity index (χ3n) is 7.39. The van der Waals surface area contributed by atoms with E-state index in [9.17, 15) is 0 Å². The predicted octanol–water partition coefficient (Wildman–Crippen LogP) is 4.80. The molecule has 2 aromatic rings. The maximum absolute atomic E-state index is 5.51. The number of rotatable bonds is 10. The van der Waals surface area contributed by atoms with Crippen LogP contribution < -0.4 is 0 Å². The Hall–Kier alpha value is -1.75. The summed E-state index contributed by atoms with van der Waals surface area (Å²) in [4.78, 5) is 10.1. The van der Waals surface area contributed by atoms with Crippen molar-refractivity contribution in [3.63, 3.8) is 0 Å². The van der Waals surface area contributed by atoms with E-state index in [1.165, 1.54) is 57.2 Å². The molecule has 2 aliphatic rings. The molecule has 1 aromatic carbocycles. The van der Waals surface area contributed by atoms with Crippen LogP contribution in [0.4, 0.5) is 0 Å². The van der Waals surface area contributed by atoms with Crippen molar-refractivity contribution in [1.29, 1.82) is 0 Å². The van der Waals surface area contributed by atoms with Gasteiger partial charge in [0.15, 0.2) is 0 Å². The molecule has 2 fully saturated rings. The first-order valence-corrected chi connectivity index (χ1v) is 12.2. The zero-order valence-corrected chi connectivity index (χ0v) is 19.2. The number of aromatic nitrogens is 1. The quantitative estimate of drug-likeness (QED) is 0.551. The molecule has 0 amide bonds. The summed E-state index contributed by atoms with van der Waals surface area (Å²) in [5.41, 5.74) is 2.59. The van der Waals surface area contributed by atoms with Crippen molar-refractivity contribution >= 4 is 0 Å². The molecule has 4 nitrogen and oxygen atoms in total. The first-order valence-electron chi connectivity index (χ1n) is 12.2. The molecule has 2 heterocycles. The normalized spacial score (nSPS) is 19.8. The van der Waals surface area contributed by atoms with E-state index >= 15 is 0 Å². The van der Waals surface area contributed by atoms with Crippen LogP contribution in [0.15, 0.2) is 54.7 Å². The van der Waals surface area contributed by atoms with Gasteiger partial charge in [-0.2, -0.15) is 0 Å². The van der Waals surface area contributed by atoms with Crippen molar-refractivity contribution < 1.29 is 4.74 Å². The Balaban J connectivity index is 1.50. The van der Waals surface area contributed by atoms with Gasteiger partial charge < -0.3 is 9.64 Å². The molecule has 168 valence electrons. The number of pyridine rings is 1. The van der Waals surface area contributed by atoms with Crippen LogP contribution >= 0.6 is 0 Å². The minimum atomic E-state index is 0.519. The predicted molar refractivity (Wildman–Crippen MR) is 127 cm³/mol. The largest absolute Gasteiger partial charge is 0.383 e. The third kappa shape index (κ3) is 6.38. The molecular weight excluding hydrogens is 382 g/mol. The number of hydrogen-bond donors (Lipinski definition) is 0. The summed E-state index contributed by atoms with van der Waals surface area (Å²) in [6.07, 6.45) is 11.3. The second-order valence-corrected chi connectivity index (χ2v) is 9.35. The second kappa shape index (κ2) is 11.8. The van der Waals surface area contributed by atoms with Crippen LogP contribution in [0.2, 0.25) is 0 Å². The minimum Gasteiger partial charge on any atom is -0.383 e. The third-order valence-corrected chi connectivity index (χ3v) is 7.39. The Bertz CT molecular complexity index is 740. The molecule has 0 N–H and O–H groups in total. The number of ether oxygens (including phenoxy) is 1. The van der Waals surface area contributed by atoms with Crippen LogP contribution in [0.5, 0.6) is 0 Å². The average Bonchev–Trinajstić information content (AvgIpc) is 3.37. The number of likely N-dealkylation sites (tertiary alicyclic amines) is 1. The van der Waals surface area contributed by atoms with Crippen molar-refractivity contribution in [2.45, 2.75) is 63.6 Å². The Labute approximate surface area is 188 Å². The van der Waals surface area contributed by atoms with Crippen LogP contribution in [-0.2, 0) is 17.7 Å². The summed E-state index contributed by atoms with van der Waals surface area (Å²) in [7, 11) is 1.81. The highest BCUT2D eigenvalue weighted by atomic mass is 16.5. The topological polar surface area (TPSA) is 28.6 Å². The lowest BCUT2D eigenvalue weighted by atomic mass is 9.84. The Morgan fingerprint density at radius 1 is 1.00 bits per heavy atom. The first-order chi connectivity index (χ1) is 15.3. The van der Waals surface area contributed by atoms with Crippen molar-refractivity contribution in [3.8, 4) is 0 Å². The van der Waals surface area contributed by atoms with E-state index in [0.29, 0.717) is 6.04 Å². The Morgan fingerprint density at radius 2 is 1.74 bits per heavy atom. The molecule has 31 heavy (non-hydrogen) atoms. The van der Waals surface area contributed by atoms with Gasteiger partial charge >= 0.3 is 0 Å². The monoisotopic (exact) mass is 421 g/mol. The number of benzene rings is 1. The highest BCUT2D eigenvalue weighted by Crippen LogP contribution is 2.32. The smallest absolute Gasteiger partial charge is 0.0589 e. The molecule has 1 aliphatic carbocycles. The van der Waals surface area contributed by atoms with Gasteiger partial charge in [-0.25, -0.2) is 0 Å². The molecule has 4 heteroatoms. The van der Waals surface area contributed by atoms with Gasteiger partial charge in [0.1, 0.15) is 0 Å². The van der Waals surface area contributed by atoms with Crippen LogP contribution in [0, 0.1) is 5.92 Å². The van der Waals surface area contributed by atoms with Crippen LogP contribution in [-0.4, -0.2) is 60.2 Å². The average molecular weight is 422 g/mol. The zero-order chi connectivity index (χ0) is 21.3. The summed E-state index contributed by atoms with van der Waals surface area (Å²) < 4.78 is 5.51. The van der Waals surface area contributed by atoms with E-state index in [2.05, 4.69) is 57.2 Å². The van der Waals surface area contributed by atoms with Crippen LogP contribution in [0.3, 0.4) is 0 Å². The fourth-order valence-corrected chi connectivity index (χ4v) is 5.66. The second-order valence-electron chi connectivity index (χ2n) is 9.35. The Kier molecular flexibility index (Phi) is 8.51. The van der Waals surface area contributed by atoms with Gasteiger partial charge in [-0.15, -0.1) is 0 Å². The molecule has 1 saturated carbocycles. The van der Waals surface area contributed by atoms with Crippen LogP contribution in [0.1, 0.15) is 49.8 Å². The van der Waals surface area contributed by atoms with Gasteiger partial charge in [-0.3, -0.25) is 9.88 Å². The fraction of sp³-hybridized carbons (Fsp3) is 0.593. The highest BCUT2D eigenvalue weighted by Gasteiger charge is 2.33. The molecule has 0 bridgehead atoms. The maximum Gasteiger partial charge on any atom is 0.0589 e. The SMILES string of the molecule is COCCN(Cc1ccccn1)C(Cc1ccccc1)C1CCN(C2CCCC2)CC1. The van der Waals surface area contributed by atoms with Gasteiger partial charge in [0.2, 0.25) is 0 Å². The van der Waals surface area contributed by atoms with Gasteiger partial charge in [0.05, 0.1) is 12.3 Å². The number of methoxy groups -OCH3 is 1. The van der Waals surface area contributed by atoms with E-state index in [-0.39, 0.29) is 0 Å². The van der Waals surface area contributed by atoms with Gasteiger partial charge in [0, 0.05) is 38.5 Å². The molecule has 1 aromatic heterocycles. The molecule has 4 rings (SSSR count). The molecule has 1 atom stereocenters. The van der Waals surface area contributed by atoms with Crippen molar-refractivity contribution in [2.75, 3.05) is 33.4 Å². The molecule has 1 unspecified atom stereocenters. The van der Waals surface area contributed by atoms with Crippen molar-refractivity contribution in [2.24, 2.45) is 5.92 Å². The molecular formula is C27H39N3O. The maximum atomic E-state index is 5.51. The zero-order valence-electron chi connectivity index (χ0n) is 19.2. The summed E-state index contributed by atoms with van der Waals surface area (Å²) >= 11 is 0. The van der Waals surface area contributed by atoms with E-state index in [1.54, 1.807) is 0 Å². The first kappa shape index (κ1) is 22.4. The van der Waals surface area contributed by atoms with E-state index in [1.807, 2.05) is 19.4 Å². The van der Waals surface area contributed by atoms with Crippen molar-refractivity contribution in [3.05, 3.63) is 66.0 Å². The van der Waals surface area contributed by atoms with E-state index < -0.39 is 0 Å². The number of piperidine rings is 1. The van der Waals surface area contributed by atoms with Crippen molar-refractivity contribution in [1.82, 2.24) is 14.8 Å². The lowest BCUT2D eigenvalue weighted by Gasteiger charge is -2.43. The molecule has 0 spiro atoms. The highest BCUT2D eigenvalue weighted by molar-refractivity contribution is 5.17. The van der Waals surface area contributed by atoms with Gasteiger partial charge in [-0.05, 0) is 68.8 Å². The fourth-order valence-electron chi connectivity index (χ4n) is 5.66. The summed E-state index contributed by atoms with van der Waals surface area (Å²) in [6.45, 7) is 5.14. The standard InChI is InChI=1S/C27H39N3O/c1-31-20-19-30(22-25-11-7-8-16-28-25)27(21-23-9-3-2-4-10-23)24-14-17-29(18-15-24)26-12-5-6-13-26/h2-4,7-11,16,24,26-27H,5-6,12-15,17-22H2,1H3. The summed E-state index contributed by atoms with van der Waals surface area (Å²) in [5, 5.41) is 0. The lowest BCUT2D eigenvalue weighted by Crippen LogP contribution is -2.49. The Morgan fingerprint density at radius 3 is 2.42 bits per heavy atom. The number of nitrogens with zero attached hydrogens (tertiary/aromatic N) is 3. The summed E-state index contributed by atoms with van der Waals surface area (Å²) in [5.74, 6) is 0.721.